The molecule has 1 unspecified atom stereocenters. The maximum absolute atomic E-state index is 12.6. The van der Waals surface area contributed by atoms with Crippen LogP contribution >= 0.6 is 0 Å². The summed E-state index contributed by atoms with van der Waals surface area (Å²) in [5, 5.41) is 0. The first-order valence-electron chi connectivity index (χ1n) is 6.39. The molecule has 0 saturated carbocycles. The number of sulfonamides is 1. The Kier molecular flexibility index (Phi) is 4.13. The largest absolute Gasteiger partial charge is 0.398 e. The van der Waals surface area contributed by atoms with E-state index in [1.165, 1.54) is 4.31 Å². The van der Waals surface area contributed by atoms with E-state index < -0.39 is 10.0 Å². The average Bonchev–Trinajstić information content (AvgIpc) is 2.53. The van der Waals surface area contributed by atoms with E-state index in [1.54, 1.807) is 18.2 Å². The van der Waals surface area contributed by atoms with Crippen LogP contribution < -0.4 is 5.73 Å². The highest BCUT2D eigenvalue weighted by atomic mass is 32.2. The summed E-state index contributed by atoms with van der Waals surface area (Å²) in [6, 6.07) is 5.03. The van der Waals surface area contributed by atoms with E-state index in [0.29, 0.717) is 31.8 Å². The predicted octanol–water partition coefficient (Wildman–Crippen LogP) is 1.38. The van der Waals surface area contributed by atoms with Crippen molar-refractivity contribution in [2.24, 2.45) is 0 Å². The monoisotopic (exact) mass is 284 g/mol. The Morgan fingerprint density at radius 1 is 1.42 bits per heavy atom. The molecule has 19 heavy (non-hydrogen) atoms. The molecule has 0 spiro atoms. The summed E-state index contributed by atoms with van der Waals surface area (Å²) >= 11 is 0. The van der Waals surface area contributed by atoms with Gasteiger partial charge in [-0.25, -0.2) is 8.42 Å². The maximum Gasteiger partial charge on any atom is 0.245 e. The van der Waals surface area contributed by atoms with Gasteiger partial charge in [-0.05, 0) is 38.0 Å². The Morgan fingerprint density at radius 2 is 2.16 bits per heavy atom. The molecule has 1 fully saturated rings. The van der Waals surface area contributed by atoms with Crippen LogP contribution in [0.2, 0.25) is 0 Å². The van der Waals surface area contributed by atoms with Crippen LogP contribution in [-0.2, 0) is 14.8 Å². The van der Waals surface area contributed by atoms with Crippen molar-refractivity contribution in [3.8, 4) is 0 Å². The van der Waals surface area contributed by atoms with Crippen molar-refractivity contribution in [3.63, 3.8) is 0 Å². The third kappa shape index (κ3) is 3.08. The third-order valence-electron chi connectivity index (χ3n) is 3.20. The van der Waals surface area contributed by atoms with Gasteiger partial charge in [0, 0.05) is 19.7 Å². The smallest absolute Gasteiger partial charge is 0.245 e. The van der Waals surface area contributed by atoms with Gasteiger partial charge >= 0.3 is 0 Å². The zero-order chi connectivity index (χ0) is 14.0. The molecule has 1 aliphatic rings. The highest BCUT2D eigenvalue weighted by Crippen LogP contribution is 2.24. The summed E-state index contributed by atoms with van der Waals surface area (Å²) in [5.41, 5.74) is 7.10. The summed E-state index contributed by atoms with van der Waals surface area (Å²) in [7, 11) is -3.54. The molecule has 0 bridgehead atoms. The van der Waals surface area contributed by atoms with Crippen molar-refractivity contribution in [2.45, 2.75) is 31.3 Å². The number of hydrogen-bond donors (Lipinski definition) is 1. The Labute approximate surface area is 114 Å². The summed E-state index contributed by atoms with van der Waals surface area (Å²) < 4.78 is 32.2. The number of benzene rings is 1. The van der Waals surface area contributed by atoms with E-state index in [-0.39, 0.29) is 11.0 Å². The molecule has 0 aromatic heterocycles. The van der Waals surface area contributed by atoms with Gasteiger partial charge in [-0.2, -0.15) is 4.31 Å². The van der Waals surface area contributed by atoms with Gasteiger partial charge in [-0.1, -0.05) is 6.07 Å². The number of nitrogens with zero attached hydrogens (tertiary/aromatic N) is 1. The first-order chi connectivity index (χ1) is 8.91. The molecule has 5 nitrogen and oxygen atoms in total. The maximum atomic E-state index is 12.6. The highest BCUT2D eigenvalue weighted by molar-refractivity contribution is 7.89. The minimum Gasteiger partial charge on any atom is -0.398 e. The summed E-state index contributed by atoms with van der Waals surface area (Å²) in [5.74, 6) is 0. The minimum absolute atomic E-state index is 0.0936. The second-order valence-electron chi connectivity index (χ2n) is 4.94. The van der Waals surface area contributed by atoms with Crippen molar-refractivity contribution < 1.29 is 13.2 Å². The van der Waals surface area contributed by atoms with Crippen molar-refractivity contribution in [3.05, 3.63) is 23.8 Å². The normalized spacial score (nSPS) is 22.1. The van der Waals surface area contributed by atoms with Crippen LogP contribution in [0, 0.1) is 6.92 Å². The molecule has 106 valence electrons. The second-order valence-corrected chi connectivity index (χ2v) is 6.85. The predicted molar refractivity (Wildman–Crippen MR) is 74.4 cm³/mol. The second kappa shape index (κ2) is 5.48. The molecule has 1 aromatic rings. The topological polar surface area (TPSA) is 72.6 Å². The Bertz CT molecular complexity index is 557. The van der Waals surface area contributed by atoms with Crippen LogP contribution in [0.4, 0.5) is 5.69 Å². The molecular weight excluding hydrogens is 264 g/mol. The Morgan fingerprint density at radius 3 is 2.84 bits per heavy atom. The lowest BCUT2D eigenvalue weighted by Gasteiger charge is -2.22. The number of anilines is 1. The average molecular weight is 284 g/mol. The zero-order valence-corrected chi connectivity index (χ0v) is 12.1. The molecular formula is C13H20N2O3S. The molecule has 2 rings (SSSR count). The summed E-state index contributed by atoms with van der Waals surface area (Å²) in [4.78, 5) is 0.187. The van der Waals surface area contributed by atoms with Gasteiger partial charge in [0.15, 0.2) is 0 Å². The number of nitrogens with two attached hydrogens (primary N) is 1. The van der Waals surface area contributed by atoms with Crippen molar-refractivity contribution in [1.82, 2.24) is 4.31 Å². The van der Waals surface area contributed by atoms with Crippen LogP contribution in [-0.4, -0.2) is 38.5 Å². The first kappa shape index (κ1) is 14.3. The van der Waals surface area contributed by atoms with Crippen LogP contribution in [0.25, 0.3) is 0 Å². The van der Waals surface area contributed by atoms with Crippen LogP contribution in [0.3, 0.4) is 0 Å². The number of rotatable bonds is 2. The van der Waals surface area contributed by atoms with Gasteiger partial charge in [-0.3, -0.25) is 0 Å². The molecule has 6 heteroatoms. The van der Waals surface area contributed by atoms with E-state index in [0.717, 1.165) is 5.56 Å². The lowest BCUT2D eigenvalue weighted by Crippen LogP contribution is -2.36. The lowest BCUT2D eigenvalue weighted by molar-refractivity contribution is 0.0752. The highest BCUT2D eigenvalue weighted by Gasteiger charge is 2.29. The van der Waals surface area contributed by atoms with Crippen LogP contribution in [0.1, 0.15) is 18.9 Å². The van der Waals surface area contributed by atoms with Gasteiger partial charge < -0.3 is 10.5 Å². The van der Waals surface area contributed by atoms with E-state index in [9.17, 15) is 8.42 Å². The summed E-state index contributed by atoms with van der Waals surface area (Å²) in [6.07, 6.45) is 0.610. The number of aryl methyl sites for hydroxylation is 1. The summed E-state index contributed by atoms with van der Waals surface area (Å²) in [6.45, 7) is 5.20. The fraction of sp³-hybridized carbons (Fsp3) is 0.538. The van der Waals surface area contributed by atoms with E-state index in [2.05, 4.69) is 0 Å². The van der Waals surface area contributed by atoms with Gasteiger partial charge in [0.05, 0.1) is 11.8 Å². The number of nitrogen functional groups attached to an aromatic ring is 1. The molecule has 0 radical (unpaired) electrons. The molecule has 0 amide bonds. The SMILES string of the molecule is Cc1ccc(S(=O)(=O)N2CCCOC(C)C2)c(N)c1. The van der Waals surface area contributed by atoms with Gasteiger partial charge in [0.25, 0.3) is 0 Å². The van der Waals surface area contributed by atoms with Crippen LogP contribution in [0.15, 0.2) is 23.1 Å². The van der Waals surface area contributed by atoms with Crippen molar-refractivity contribution in [1.29, 1.82) is 0 Å². The Balaban J connectivity index is 2.35. The van der Waals surface area contributed by atoms with Crippen molar-refractivity contribution in [2.75, 3.05) is 25.4 Å². The van der Waals surface area contributed by atoms with Crippen LogP contribution in [0.5, 0.6) is 0 Å². The van der Waals surface area contributed by atoms with E-state index >= 15 is 0 Å². The third-order valence-corrected chi connectivity index (χ3v) is 5.14. The molecule has 1 aliphatic heterocycles. The quantitative estimate of drug-likeness (QED) is 0.833. The molecule has 1 aromatic carbocycles. The van der Waals surface area contributed by atoms with E-state index in [4.69, 9.17) is 10.5 Å². The fourth-order valence-corrected chi connectivity index (χ4v) is 3.87. The molecule has 1 heterocycles. The number of hydrogen-bond acceptors (Lipinski definition) is 4. The molecule has 1 saturated heterocycles. The Hall–Kier alpha value is -1.11. The molecule has 2 N–H and O–H groups in total. The lowest BCUT2D eigenvalue weighted by atomic mass is 10.2. The van der Waals surface area contributed by atoms with Crippen molar-refractivity contribution >= 4 is 15.7 Å². The molecule has 1 atom stereocenters. The first-order valence-corrected chi connectivity index (χ1v) is 7.83. The minimum atomic E-state index is -3.54. The van der Waals surface area contributed by atoms with Gasteiger partial charge in [-0.15, -0.1) is 0 Å². The fourth-order valence-electron chi connectivity index (χ4n) is 2.22. The molecule has 0 aliphatic carbocycles. The number of ether oxygens (including phenoxy) is 1. The standard InChI is InChI=1S/C13H20N2O3S/c1-10-4-5-13(12(14)8-10)19(16,17)15-6-3-7-18-11(2)9-15/h4-5,8,11H,3,6-7,9,14H2,1-2H3. The van der Waals surface area contributed by atoms with E-state index in [1.807, 2.05) is 13.8 Å². The zero-order valence-electron chi connectivity index (χ0n) is 11.3. The van der Waals surface area contributed by atoms with Gasteiger partial charge in [0.2, 0.25) is 10.0 Å². The van der Waals surface area contributed by atoms with Gasteiger partial charge in [0.1, 0.15) is 4.90 Å².